The van der Waals surface area contributed by atoms with E-state index in [0.717, 1.165) is 32.1 Å². The largest absolute Gasteiger partial charge is 0.329 e. The summed E-state index contributed by atoms with van der Waals surface area (Å²) in [6, 6.07) is 4.86. The van der Waals surface area contributed by atoms with E-state index in [1.54, 1.807) is 0 Å². The van der Waals surface area contributed by atoms with E-state index in [2.05, 4.69) is 4.72 Å². The third kappa shape index (κ3) is 3.58. The van der Waals surface area contributed by atoms with E-state index in [-0.39, 0.29) is 17.1 Å². The molecule has 0 radical (unpaired) electrons. The highest BCUT2D eigenvalue weighted by atomic mass is 32.2. The number of hydrogen-bond donors (Lipinski definition) is 2. The quantitative estimate of drug-likeness (QED) is 0.632. The average molecular weight is 313 g/mol. The normalized spacial score (nSPS) is 18.3. The lowest BCUT2D eigenvalue weighted by Crippen LogP contribution is -2.54. The van der Waals surface area contributed by atoms with Crippen LogP contribution >= 0.6 is 0 Å². The molecule has 1 saturated carbocycles. The van der Waals surface area contributed by atoms with Crippen molar-refractivity contribution in [3.8, 4) is 0 Å². The molecular weight excluding hydrogens is 294 g/mol. The summed E-state index contributed by atoms with van der Waals surface area (Å²) in [4.78, 5) is 10.1. The molecule has 1 aromatic rings. The maximum atomic E-state index is 12.4. The van der Waals surface area contributed by atoms with Gasteiger partial charge in [-0.15, -0.1) is 0 Å². The van der Waals surface area contributed by atoms with Crippen LogP contribution in [0.4, 0.5) is 5.69 Å². The molecule has 0 spiro atoms. The van der Waals surface area contributed by atoms with Crippen LogP contribution in [0.15, 0.2) is 29.2 Å². The van der Waals surface area contributed by atoms with E-state index >= 15 is 0 Å². The highest BCUT2D eigenvalue weighted by Crippen LogP contribution is 2.29. The van der Waals surface area contributed by atoms with Crippen molar-refractivity contribution in [3.63, 3.8) is 0 Å². The first-order valence-electron chi connectivity index (χ1n) is 6.87. The van der Waals surface area contributed by atoms with Crippen LogP contribution in [0.1, 0.15) is 32.1 Å². The fourth-order valence-electron chi connectivity index (χ4n) is 2.67. The lowest BCUT2D eigenvalue weighted by Gasteiger charge is -2.36. The molecule has 1 fully saturated rings. The standard InChI is InChI=1S/C13H19N3O4S/c14-10-13(8-2-1-3-9-13)15-21(19,20)12-6-4-11(5-7-12)16(17)18/h4-7,15H,1-3,8-10,14H2. The molecule has 2 rings (SSSR count). The molecule has 7 nitrogen and oxygen atoms in total. The van der Waals surface area contributed by atoms with Crippen molar-refractivity contribution >= 4 is 15.7 Å². The van der Waals surface area contributed by atoms with E-state index in [4.69, 9.17) is 5.73 Å². The Morgan fingerprint density at radius 3 is 2.24 bits per heavy atom. The number of nitrogens with one attached hydrogen (secondary N) is 1. The van der Waals surface area contributed by atoms with Crippen molar-refractivity contribution < 1.29 is 13.3 Å². The molecule has 21 heavy (non-hydrogen) atoms. The Hall–Kier alpha value is -1.51. The Bertz CT molecular complexity index is 607. The molecule has 0 aromatic heterocycles. The van der Waals surface area contributed by atoms with E-state index in [9.17, 15) is 18.5 Å². The molecule has 0 unspecified atom stereocenters. The Morgan fingerprint density at radius 2 is 1.76 bits per heavy atom. The summed E-state index contributed by atoms with van der Waals surface area (Å²) in [5.74, 6) is 0. The van der Waals surface area contributed by atoms with Gasteiger partial charge in [-0.1, -0.05) is 19.3 Å². The van der Waals surface area contributed by atoms with E-state index < -0.39 is 20.5 Å². The second-order valence-electron chi connectivity index (χ2n) is 5.40. The fourth-order valence-corrected chi connectivity index (χ4v) is 4.14. The smallest absolute Gasteiger partial charge is 0.269 e. The molecular formula is C13H19N3O4S. The van der Waals surface area contributed by atoms with Crippen molar-refractivity contribution in [3.05, 3.63) is 34.4 Å². The number of sulfonamides is 1. The van der Waals surface area contributed by atoms with Crippen LogP contribution in [0.25, 0.3) is 0 Å². The lowest BCUT2D eigenvalue weighted by atomic mass is 9.83. The summed E-state index contributed by atoms with van der Waals surface area (Å²) in [5, 5.41) is 10.6. The second-order valence-corrected chi connectivity index (χ2v) is 7.08. The number of nitro benzene ring substituents is 1. The number of hydrogen-bond acceptors (Lipinski definition) is 5. The predicted octanol–water partition coefficient (Wildman–Crippen LogP) is 1.53. The van der Waals surface area contributed by atoms with Gasteiger partial charge in [0, 0.05) is 24.2 Å². The van der Waals surface area contributed by atoms with Gasteiger partial charge < -0.3 is 5.73 Å². The first-order chi connectivity index (χ1) is 9.88. The van der Waals surface area contributed by atoms with Gasteiger partial charge in [-0.2, -0.15) is 0 Å². The third-order valence-electron chi connectivity index (χ3n) is 3.91. The van der Waals surface area contributed by atoms with Crippen LogP contribution < -0.4 is 10.5 Å². The number of nitro groups is 1. The van der Waals surface area contributed by atoms with Gasteiger partial charge in [0.15, 0.2) is 0 Å². The maximum Gasteiger partial charge on any atom is 0.269 e. The minimum absolute atomic E-state index is 0.0199. The van der Waals surface area contributed by atoms with E-state index in [1.807, 2.05) is 0 Å². The van der Waals surface area contributed by atoms with Crippen molar-refractivity contribution in [2.24, 2.45) is 5.73 Å². The van der Waals surface area contributed by atoms with E-state index in [0.29, 0.717) is 0 Å². The van der Waals surface area contributed by atoms with Gasteiger partial charge in [0.05, 0.1) is 9.82 Å². The molecule has 1 aromatic carbocycles. The molecule has 0 amide bonds. The van der Waals surface area contributed by atoms with Crippen LogP contribution in [0, 0.1) is 10.1 Å². The molecule has 0 saturated heterocycles. The van der Waals surface area contributed by atoms with Crippen LogP contribution in [0.5, 0.6) is 0 Å². The summed E-state index contributed by atoms with van der Waals surface area (Å²) < 4.78 is 27.5. The zero-order valence-corrected chi connectivity index (χ0v) is 12.4. The number of benzene rings is 1. The maximum absolute atomic E-state index is 12.4. The number of rotatable bonds is 5. The molecule has 1 aliphatic rings. The molecule has 3 N–H and O–H groups in total. The monoisotopic (exact) mass is 313 g/mol. The van der Waals surface area contributed by atoms with Crippen LogP contribution in [-0.2, 0) is 10.0 Å². The summed E-state index contributed by atoms with van der Waals surface area (Å²) >= 11 is 0. The molecule has 116 valence electrons. The lowest BCUT2D eigenvalue weighted by molar-refractivity contribution is -0.384. The predicted molar refractivity (Wildman–Crippen MR) is 78.3 cm³/mol. The van der Waals surface area contributed by atoms with Gasteiger partial charge in [-0.05, 0) is 25.0 Å². The number of non-ortho nitro benzene ring substituents is 1. The first-order valence-corrected chi connectivity index (χ1v) is 8.35. The Balaban J connectivity index is 2.22. The molecule has 0 atom stereocenters. The summed E-state index contributed by atoms with van der Waals surface area (Å²) in [5.41, 5.74) is 5.03. The Labute approximate surface area is 123 Å². The van der Waals surface area contributed by atoms with Gasteiger partial charge in [0.25, 0.3) is 5.69 Å². The molecule has 1 aliphatic carbocycles. The minimum atomic E-state index is -3.73. The average Bonchev–Trinajstić information content (AvgIpc) is 2.48. The minimum Gasteiger partial charge on any atom is -0.329 e. The number of nitrogens with zero attached hydrogens (tertiary/aromatic N) is 1. The second kappa shape index (κ2) is 6.08. The van der Waals surface area contributed by atoms with Gasteiger partial charge in [0.2, 0.25) is 10.0 Å². The first kappa shape index (κ1) is 15.9. The highest BCUT2D eigenvalue weighted by molar-refractivity contribution is 7.89. The van der Waals surface area contributed by atoms with Gasteiger partial charge in [0.1, 0.15) is 0 Å². The Kier molecular flexibility index (Phi) is 4.60. The molecule has 0 aliphatic heterocycles. The molecule has 0 bridgehead atoms. The summed E-state index contributed by atoms with van der Waals surface area (Å²) in [6.07, 6.45) is 4.41. The molecule has 8 heteroatoms. The summed E-state index contributed by atoms with van der Waals surface area (Å²) in [6.45, 7) is 0.249. The number of nitrogens with two attached hydrogens (primary N) is 1. The fraction of sp³-hybridized carbons (Fsp3) is 0.538. The third-order valence-corrected chi connectivity index (χ3v) is 5.50. The van der Waals surface area contributed by atoms with Crippen LogP contribution in [0.2, 0.25) is 0 Å². The van der Waals surface area contributed by atoms with Crippen molar-refractivity contribution in [2.45, 2.75) is 42.5 Å². The van der Waals surface area contributed by atoms with Gasteiger partial charge in [-0.3, -0.25) is 10.1 Å². The summed E-state index contributed by atoms with van der Waals surface area (Å²) in [7, 11) is -3.73. The molecule has 0 heterocycles. The van der Waals surface area contributed by atoms with Crippen molar-refractivity contribution in [2.75, 3.05) is 6.54 Å². The van der Waals surface area contributed by atoms with E-state index in [1.165, 1.54) is 24.3 Å². The zero-order chi connectivity index (χ0) is 15.5. The van der Waals surface area contributed by atoms with Crippen LogP contribution in [-0.4, -0.2) is 25.4 Å². The van der Waals surface area contributed by atoms with Crippen molar-refractivity contribution in [1.29, 1.82) is 0 Å². The van der Waals surface area contributed by atoms with Crippen LogP contribution in [0.3, 0.4) is 0 Å². The van der Waals surface area contributed by atoms with Gasteiger partial charge in [-0.25, -0.2) is 13.1 Å². The van der Waals surface area contributed by atoms with Gasteiger partial charge >= 0.3 is 0 Å². The topological polar surface area (TPSA) is 115 Å². The Morgan fingerprint density at radius 1 is 1.19 bits per heavy atom. The SMILES string of the molecule is NCC1(NS(=O)(=O)c2ccc([N+](=O)[O-])cc2)CCCCC1. The zero-order valence-electron chi connectivity index (χ0n) is 11.6. The highest BCUT2D eigenvalue weighted by Gasteiger charge is 2.35. The van der Waals surface area contributed by atoms with Crippen molar-refractivity contribution in [1.82, 2.24) is 4.72 Å².